The molecule has 198 valence electrons. The molecule has 0 radical (unpaired) electrons. The van der Waals surface area contributed by atoms with Gasteiger partial charge in [0.05, 0.1) is 29.0 Å². The summed E-state index contributed by atoms with van der Waals surface area (Å²) < 4.78 is 13.4. The van der Waals surface area contributed by atoms with Crippen LogP contribution in [0, 0.1) is 28.5 Å². The quantitative estimate of drug-likeness (QED) is 0.174. The minimum absolute atomic E-state index is 0.00628. The molecule has 8 nitrogen and oxygen atoms in total. The highest BCUT2D eigenvalue weighted by atomic mass is 35.5. The first kappa shape index (κ1) is 28.3. The van der Waals surface area contributed by atoms with E-state index in [9.17, 15) is 20.0 Å². The number of nitrogens with zero attached hydrogens (tertiary/aromatic N) is 4. The number of nitrogen functional groups attached to an aromatic ring is 1. The molecular weight excluding hydrogens is 559 g/mol. The lowest BCUT2D eigenvalue weighted by molar-refractivity contribution is 0.0886. The molecule has 12 heteroatoms. The van der Waals surface area contributed by atoms with Gasteiger partial charge in [-0.05, 0) is 42.2 Å². The van der Waals surface area contributed by atoms with Crippen molar-refractivity contribution >= 4 is 51.3 Å². The lowest BCUT2D eigenvalue weighted by atomic mass is 9.95. The summed E-state index contributed by atoms with van der Waals surface area (Å²) >= 11 is 8.49. The Morgan fingerprint density at radius 2 is 1.87 bits per heavy atom. The molecule has 2 aromatic carbocycles. The molecule has 0 amide bonds. The number of aliphatic hydroxyl groups is 2. The van der Waals surface area contributed by atoms with Gasteiger partial charge in [-0.15, -0.1) is 11.3 Å². The maximum absolute atomic E-state index is 13.4. The zero-order chi connectivity index (χ0) is 27.9. The van der Waals surface area contributed by atoms with E-state index in [-0.39, 0.29) is 28.6 Å². The molecule has 1 atom stereocenters. The normalized spacial score (nSPS) is 11.5. The van der Waals surface area contributed by atoms with E-state index in [1.54, 1.807) is 18.2 Å². The largest absolute Gasteiger partial charge is 0.394 e. The van der Waals surface area contributed by atoms with Crippen LogP contribution in [0.4, 0.5) is 21.0 Å². The highest BCUT2D eigenvalue weighted by Gasteiger charge is 2.21. The smallest absolute Gasteiger partial charge is 0.187 e. The van der Waals surface area contributed by atoms with Crippen molar-refractivity contribution in [3.8, 4) is 23.3 Å². The van der Waals surface area contributed by atoms with E-state index < -0.39 is 11.9 Å². The van der Waals surface area contributed by atoms with Gasteiger partial charge in [0.1, 0.15) is 34.4 Å². The van der Waals surface area contributed by atoms with Crippen LogP contribution in [-0.2, 0) is 12.2 Å². The average molecular weight is 581 g/mol. The van der Waals surface area contributed by atoms with Gasteiger partial charge in [0.25, 0.3) is 0 Å². The number of aliphatic hydroxyl groups excluding tert-OH is 2. The molecule has 5 N–H and O–H groups in total. The summed E-state index contributed by atoms with van der Waals surface area (Å²) in [5.74, 6) is -0.0897. The summed E-state index contributed by atoms with van der Waals surface area (Å²) in [5, 5.41) is 44.4. The van der Waals surface area contributed by atoms with Crippen LogP contribution in [0.3, 0.4) is 0 Å². The molecule has 0 aliphatic heterocycles. The van der Waals surface area contributed by atoms with Crippen LogP contribution < -0.4 is 11.1 Å². The molecule has 0 unspecified atom stereocenters. The van der Waals surface area contributed by atoms with Gasteiger partial charge in [0.15, 0.2) is 5.13 Å². The van der Waals surface area contributed by atoms with E-state index in [1.165, 1.54) is 35.2 Å². The molecular formula is C27H22ClFN6O2S2. The second-order valence-corrected chi connectivity index (χ2v) is 10.6. The number of hydrogen-bond donors (Lipinski definition) is 4. The Labute approximate surface area is 237 Å². The van der Waals surface area contributed by atoms with Crippen molar-refractivity contribution in [2.75, 3.05) is 17.7 Å². The van der Waals surface area contributed by atoms with Crippen molar-refractivity contribution in [3.05, 3.63) is 81.1 Å². The van der Waals surface area contributed by atoms with E-state index in [4.69, 9.17) is 22.4 Å². The Morgan fingerprint density at radius 3 is 2.54 bits per heavy atom. The monoisotopic (exact) mass is 580 g/mol. The van der Waals surface area contributed by atoms with E-state index in [2.05, 4.69) is 27.4 Å². The number of aromatic nitrogens is 2. The van der Waals surface area contributed by atoms with Gasteiger partial charge in [-0.1, -0.05) is 47.6 Å². The summed E-state index contributed by atoms with van der Waals surface area (Å²) in [4.78, 5) is 8.87. The number of nitrogens with one attached hydrogen (secondary N) is 1. The minimum atomic E-state index is -0.786. The molecule has 4 aromatic rings. The number of thiazole rings is 1. The predicted molar refractivity (Wildman–Crippen MR) is 151 cm³/mol. The van der Waals surface area contributed by atoms with E-state index in [0.29, 0.717) is 45.6 Å². The van der Waals surface area contributed by atoms with Gasteiger partial charge in [0, 0.05) is 22.4 Å². The van der Waals surface area contributed by atoms with Crippen molar-refractivity contribution < 1.29 is 14.6 Å². The fourth-order valence-electron chi connectivity index (χ4n) is 3.72. The van der Waals surface area contributed by atoms with E-state index in [0.717, 1.165) is 11.3 Å². The van der Waals surface area contributed by atoms with Gasteiger partial charge in [0.2, 0.25) is 0 Å². The lowest BCUT2D eigenvalue weighted by Crippen LogP contribution is -2.12. The van der Waals surface area contributed by atoms with Crippen LogP contribution in [0.2, 0.25) is 5.02 Å². The molecule has 4 rings (SSSR count). The Balaban J connectivity index is 1.55. The molecule has 0 fully saturated rings. The third kappa shape index (κ3) is 6.84. The fraction of sp³-hybridized carbons (Fsp3) is 0.185. The number of aryl methyl sites for hydroxylation is 1. The number of pyridine rings is 1. The third-order valence-electron chi connectivity index (χ3n) is 5.71. The van der Waals surface area contributed by atoms with Crippen LogP contribution in [-0.4, -0.2) is 32.9 Å². The summed E-state index contributed by atoms with van der Waals surface area (Å²) in [6.45, 7) is -0.298. The number of rotatable bonds is 10. The topological polar surface area (TPSA) is 152 Å². The Morgan fingerprint density at radius 1 is 1.13 bits per heavy atom. The number of benzene rings is 2. The summed E-state index contributed by atoms with van der Waals surface area (Å²) in [5.41, 5.74) is 9.81. The van der Waals surface area contributed by atoms with Gasteiger partial charge in [-0.2, -0.15) is 10.5 Å². The number of anilines is 3. The highest BCUT2D eigenvalue weighted by Crippen LogP contribution is 2.37. The molecule has 0 saturated carbocycles. The molecule has 39 heavy (non-hydrogen) atoms. The molecule has 2 heterocycles. The standard InChI is InChI=1S/C27H22ClFN6O2S2/c28-22-9-17(6-8-23(22)29)33-27-34-18(14-39-27)13-38-26-21(11-31)24(20(10-30)25(32)35-26)16-4-1-15(2-5-16)3-7-19(37)12-36/h1-2,4-6,8-9,14,19,36-37H,3,7,12-13H2,(H2,32,35)(H,33,34)/t19-/m0/s1. The molecule has 0 spiro atoms. The second kappa shape index (κ2) is 12.9. The van der Waals surface area contributed by atoms with Gasteiger partial charge >= 0.3 is 0 Å². The number of halogens is 2. The van der Waals surface area contributed by atoms with Crippen LogP contribution in [0.5, 0.6) is 0 Å². The minimum Gasteiger partial charge on any atom is -0.394 e. The molecule has 0 aliphatic rings. The lowest BCUT2D eigenvalue weighted by Gasteiger charge is -2.13. The molecule has 0 bridgehead atoms. The maximum Gasteiger partial charge on any atom is 0.187 e. The van der Waals surface area contributed by atoms with Crippen LogP contribution in [0.25, 0.3) is 11.1 Å². The van der Waals surface area contributed by atoms with Crippen LogP contribution >= 0.6 is 34.7 Å². The van der Waals surface area contributed by atoms with Crippen molar-refractivity contribution in [2.45, 2.75) is 29.7 Å². The molecule has 2 aromatic heterocycles. The van der Waals surface area contributed by atoms with Gasteiger partial charge < -0.3 is 21.3 Å². The average Bonchev–Trinajstić information content (AvgIpc) is 3.39. The number of nitrogens with two attached hydrogens (primary N) is 1. The summed E-state index contributed by atoms with van der Waals surface area (Å²) in [6, 6.07) is 15.9. The fourth-order valence-corrected chi connectivity index (χ4v) is 5.63. The Bertz CT molecular complexity index is 1570. The van der Waals surface area contributed by atoms with E-state index >= 15 is 0 Å². The first-order chi connectivity index (χ1) is 18.8. The number of hydrogen-bond acceptors (Lipinski definition) is 10. The van der Waals surface area contributed by atoms with Crippen LogP contribution in [0.1, 0.15) is 28.8 Å². The van der Waals surface area contributed by atoms with E-state index in [1.807, 2.05) is 17.5 Å². The number of thioether (sulfide) groups is 1. The second-order valence-electron chi connectivity index (χ2n) is 8.41. The molecule has 0 saturated heterocycles. The highest BCUT2D eigenvalue weighted by molar-refractivity contribution is 7.98. The van der Waals surface area contributed by atoms with Gasteiger partial charge in [-0.25, -0.2) is 14.4 Å². The first-order valence-corrected chi connectivity index (χ1v) is 13.9. The number of nitriles is 2. The third-order valence-corrected chi connectivity index (χ3v) is 7.82. The first-order valence-electron chi connectivity index (χ1n) is 11.6. The van der Waals surface area contributed by atoms with Crippen molar-refractivity contribution in [3.63, 3.8) is 0 Å². The summed E-state index contributed by atoms with van der Waals surface area (Å²) in [6.07, 6.45) is 0.193. The zero-order valence-electron chi connectivity index (χ0n) is 20.4. The summed E-state index contributed by atoms with van der Waals surface area (Å²) in [7, 11) is 0. The maximum atomic E-state index is 13.4. The van der Waals surface area contributed by atoms with Crippen molar-refractivity contribution in [1.29, 1.82) is 10.5 Å². The SMILES string of the molecule is N#Cc1c(N)nc(SCc2csc(Nc3ccc(F)c(Cl)c3)n2)c(C#N)c1-c1ccc(CC[C@H](O)CO)cc1. The van der Waals surface area contributed by atoms with Gasteiger partial charge in [-0.3, -0.25) is 0 Å². The molecule has 0 aliphatic carbocycles. The van der Waals surface area contributed by atoms with Crippen molar-refractivity contribution in [1.82, 2.24) is 9.97 Å². The Kier molecular flexibility index (Phi) is 9.36. The van der Waals surface area contributed by atoms with Crippen LogP contribution in [0.15, 0.2) is 52.9 Å². The zero-order valence-corrected chi connectivity index (χ0v) is 22.7. The Hall–Kier alpha value is -3.71. The van der Waals surface area contributed by atoms with Crippen molar-refractivity contribution in [2.24, 2.45) is 0 Å². The predicted octanol–water partition coefficient (Wildman–Crippen LogP) is 5.64.